The first kappa shape index (κ1) is 14.0. The number of methoxy groups -OCH3 is 1. The van der Waals surface area contributed by atoms with E-state index >= 15 is 0 Å². The molecule has 98 valence electrons. The van der Waals surface area contributed by atoms with Crippen LogP contribution in [0.15, 0.2) is 12.1 Å². The van der Waals surface area contributed by atoms with E-state index in [4.69, 9.17) is 4.74 Å². The fourth-order valence-corrected chi connectivity index (χ4v) is 1.50. The number of nitro groups is 1. The summed E-state index contributed by atoms with van der Waals surface area (Å²) in [5, 5.41) is 10.8. The summed E-state index contributed by atoms with van der Waals surface area (Å²) in [6, 6.07) is 2.97. The van der Waals surface area contributed by atoms with E-state index in [1.54, 1.807) is 26.8 Å². The molecule has 0 aliphatic heterocycles. The molecule has 18 heavy (non-hydrogen) atoms. The number of carbonyl (C=O) groups excluding carboxylic acids is 1. The quantitative estimate of drug-likeness (QED) is 0.466. The SMILES string of the molecule is COC(=O)[C@@H](C)Oc1cc(C)c([N+](=O)[O-])cc1C. The van der Waals surface area contributed by atoms with Gasteiger partial charge in [-0.2, -0.15) is 0 Å². The van der Waals surface area contributed by atoms with Crippen LogP contribution in [0.25, 0.3) is 0 Å². The first-order chi connectivity index (χ1) is 8.36. The first-order valence-corrected chi connectivity index (χ1v) is 5.37. The molecule has 0 saturated carbocycles. The molecule has 1 aromatic rings. The zero-order valence-electron chi connectivity index (χ0n) is 10.7. The Labute approximate surface area is 105 Å². The predicted molar refractivity (Wildman–Crippen MR) is 64.7 cm³/mol. The molecule has 0 saturated heterocycles. The molecule has 1 atom stereocenters. The number of aryl methyl sites for hydroxylation is 2. The summed E-state index contributed by atoms with van der Waals surface area (Å²) in [7, 11) is 1.27. The Hall–Kier alpha value is -2.11. The third-order valence-corrected chi connectivity index (χ3v) is 2.53. The van der Waals surface area contributed by atoms with Crippen molar-refractivity contribution in [1.29, 1.82) is 0 Å². The number of esters is 1. The Morgan fingerprint density at radius 2 is 1.94 bits per heavy atom. The maximum absolute atomic E-state index is 11.2. The molecular weight excluding hydrogens is 238 g/mol. The molecule has 1 aromatic carbocycles. The smallest absolute Gasteiger partial charge is 0.346 e. The molecule has 1 rings (SSSR count). The van der Waals surface area contributed by atoms with Gasteiger partial charge >= 0.3 is 5.97 Å². The fourth-order valence-electron chi connectivity index (χ4n) is 1.50. The van der Waals surface area contributed by atoms with Crippen LogP contribution in [0, 0.1) is 24.0 Å². The van der Waals surface area contributed by atoms with E-state index in [2.05, 4.69) is 4.74 Å². The van der Waals surface area contributed by atoms with E-state index in [9.17, 15) is 14.9 Å². The number of hydrogen-bond donors (Lipinski definition) is 0. The summed E-state index contributed by atoms with van der Waals surface area (Å²) >= 11 is 0. The number of hydrogen-bond acceptors (Lipinski definition) is 5. The van der Waals surface area contributed by atoms with Crippen LogP contribution in [-0.4, -0.2) is 24.1 Å². The molecule has 0 radical (unpaired) electrons. The third kappa shape index (κ3) is 2.97. The van der Waals surface area contributed by atoms with E-state index in [1.165, 1.54) is 13.2 Å². The van der Waals surface area contributed by atoms with Gasteiger partial charge in [0.2, 0.25) is 0 Å². The van der Waals surface area contributed by atoms with Crippen LogP contribution in [0.5, 0.6) is 5.75 Å². The molecule has 0 heterocycles. The number of nitro benzene ring substituents is 1. The molecule has 0 N–H and O–H groups in total. The Morgan fingerprint density at radius 3 is 2.44 bits per heavy atom. The molecule has 0 spiro atoms. The summed E-state index contributed by atoms with van der Waals surface area (Å²) in [5.74, 6) is -0.0543. The van der Waals surface area contributed by atoms with Crippen LogP contribution in [-0.2, 0) is 9.53 Å². The lowest BCUT2D eigenvalue weighted by atomic mass is 10.1. The largest absolute Gasteiger partial charge is 0.479 e. The molecule has 0 bridgehead atoms. The predicted octanol–water partition coefficient (Wildman–Crippen LogP) is 2.15. The Morgan fingerprint density at radius 1 is 1.33 bits per heavy atom. The van der Waals surface area contributed by atoms with Crippen LogP contribution in [0.3, 0.4) is 0 Å². The lowest BCUT2D eigenvalue weighted by Gasteiger charge is -2.14. The average Bonchev–Trinajstić information content (AvgIpc) is 2.31. The summed E-state index contributed by atoms with van der Waals surface area (Å²) < 4.78 is 9.96. The highest BCUT2D eigenvalue weighted by molar-refractivity contribution is 5.74. The molecule has 0 aliphatic rings. The zero-order valence-corrected chi connectivity index (χ0v) is 10.7. The fraction of sp³-hybridized carbons (Fsp3) is 0.417. The summed E-state index contributed by atoms with van der Waals surface area (Å²) in [6.45, 7) is 4.86. The van der Waals surface area contributed by atoms with Gasteiger partial charge in [0.05, 0.1) is 12.0 Å². The maximum Gasteiger partial charge on any atom is 0.346 e. The van der Waals surface area contributed by atoms with Crippen LogP contribution in [0.4, 0.5) is 5.69 Å². The molecule has 0 amide bonds. The minimum atomic E-state index is -0.755. The highest BCUT2D eigenvalue weighted by Crippen LogP contribution is 2.28. The second-order valence-corrected chi connectivity index (χ2v) is 3.94. The third-order valence-electron chi connectivity index (χ3n) is 2.53. The molecule has 0 fully saturated rings. The molecule has 0 aromatic heterocycles. The number of benzene rings is 1. The van der Waals surface area contributed by atoms with Crippen molar-refractivity contribution in [2.24, 2.45) is 0 Å². The molecule has 0 unspecified atom stereocenters. The van der Waals surface area contributed by atoms with E-state index in [1.807, 2.05) is 0 Å². The van der Waals surface area contributed by atoms with Crippen molar-refractivity contribution in [3.05, 3.63) is 33.4 Å². The Bertz CT molecular complexity index is 484. The van der Waals surface area contributed by atoms with E-state index in [0.717, 1.165) is 0 Å². The van der Waals surface area contributed by atoms with Gasteiger partial charge in [-0.1, -0.05) is 0 Å². The van der Waals surface area contributed by atoms with Crippen molar-refractivity contribution in [3.8, 4) is 5.75 Å². The van der Waals surface area contributed by atoms with E-state index in [0.29, 0.717) is 16.9 Å². The second-order valence-electron chi connectivity index (χ2n) is 3.94. The van der Waals surface area contributed by atoms with Gasteiger partial charge < -0.3 is 9.47 Å². The topological polar surface area (TPSA) is 78.7 Å². The van der Waals surface area contributed by atoms with Crippen molar-refractivity contribution in [3.63, 3.8) is 0 Å². The molecule has 0 aliphatic carbocycles. The average molecular weight is 253 g/mol. The van der Waals surface area contributed by atoms with Gasteiger partial charge in [-0.15, -0.1) is 0 Å². The number of rotatable bonds is 4. The van der Waals surface area contributed by atoms with Gasteiger partial charge in [0.1, 0.15) is 5.75 Å². The Balaban J connectivity index is 3.02. The number of ether oxygens (including phenoxy) is 2. The lowest BCUT2D eigenvalue weighted by molar-refractivity contribution is -0.385. The minimum Gasteiger partial charge on any atom is -0.479 e. The van der Waals surface area contributed by atoms with Gasteiger partial charge in [-0.25, -0.2) is 4.79 Å². The summed E-state index contributed by atoms with van der Waals surface area (Å²) in [4.78, 5) is 21.5. The number of nitrogens with zero attached hydrogens (tertiary/aromatic N) is 1. The zero-order chi connectivity index (χ0) is 13.9. The van der Waals surface area contributed by atoms with Gasteiger partial charge in [0.15, 0.2) is 6.10 Å². The highest BCUT2D eigenvalue weighted by Gasteiger charge is 2.19. The monoisotopic (exact) mass is 253 g/mol. The molecular formula is C12H15NO5. The van der Waals surface area contributed by atoms with Crippen LogP contribution < -0.4 is 4.74 Å². The Kier molecular flexibility index (Phi) is 4.25. The van der Waals surface area contributed by atoms with Crippen molar-refractivity contribution in [1.82, 2.24) is 0 Å². The van der Waals surface area contributed by atoms with Crippen molar-refractivity contribution < 1.29 is 19.2 Å². The summed E-state index contributed by atoms with van der Waals surface area (Å²) in [6.07, 6.45) is -0.755. The van der Waals surface area contributed by atoms with Crippen molar-refractivity contribution >= 4 is 11.7 Å². The van der Waals surface area contributed by atoms with E-state index in [-0.39, 0.29) is 5.69 Å². The number of carbonyl (C=O) groups is 1. The second kappa shape index (κ2) is 5.48. The van der Waals surface area contributed by atoms with Gasteiger partial charge in [-0.05, 0) is 32.4 Å². The van der Waals surface area contributed by atoms with Gasteiger partial charge in [0, 0.05) is 11.6 Å². The highest BCUT2D eigenvalue weighted by atomic mass is 16.6. The normalized spacial score (nSPS) is 11.8. The first-order valence-electron chi connectivity index (χ1n) is 5.37. The maximum atomic E-state index is 11.2. The summed E-state index contributed by atoms with van der Waals surface area (Å²) in [5.41, 5.74) is 1.12. The van der Waals surface area contributed by atoms with Crippen LogP contribution in [0.2, 0.25) is 0 Å². The van der Waals surface area contributed by atoms with Crippen LogP contribution >= 0.6 is 0 Å². The van der Waals surface area contributed by atoms with Crippen molar-refractivity contribution in [2.45, 2.75) is 26.9 Å². The van der Waals surface area contributed by atoms with Gasteiger partial charge in [0.25, 0.3) is 5.69 Å². The van der Waals surface area contributed by atoms with Crippen LogP contribution in [0.1, 0.15) is 18.1 Å². The van der Waals surface area contributed by atoms with Gasteiger partial charge in [-0.3, -0.25) is 10.1 Å². The standard InChI is InChI=1S/C12H15NO5/c1-7-6-11(18-9(3)12(14)17-4)8(2)5-10(7)13(15)16/h5-6,9H,1-4H3/t9-/m1/s1. The molecule has 6 heteroatoms. The van der Waals surface area contributed by atoms with E-state index < -0.39 is 17.0 Å². The van der Waals surface area contributed by atoms with Crippen molar-refractivity contribution in [2.75, 3.05) is 7.11 Å². The minimum absolute atomic E-state index is 0.0329. The lowest BCUT2D eigenvalue weighted by Crippen LogP contribution is -2.25. The molecule has 6 nitrogen and oxygen atoms in total.